The summed E-state index contributed by atoms with van der Waals surface area (Å²) in [6.07, 6.45) is 1.46. The second-order valence-electron chi connectivity index (χ2n) is 7.66. The number of fused-ring (bicyclic) bond motifs is 1. The van der Waals surface area contributed by atoms with E-state index in [9.17, 15) is 9.59 Å². The van der Waals surface area contributed by atoms with Crippen LogP contribution in [0.5, 0.6) is 0 Å². The Bertz CT molecular complexity index is 955. The molecule has 150 valence electrons. The van der Waals surface area contributed by atoms with Gasteiger partial charge in [0.2, 0.25) is 5.91 Å². The van der Waals surface area contributed by atoms with Gasteiger partial charge < -0.3 is 14.8 Å². The molecule has 0 bridgehead atoms. The number of aromatic amines is 1. The van der Waals surface area contributed by atoms with Crippen molar-refractivity contribution in [3.63, 3.8) is 0 Å². The molecule has 1 atom stereocenters. The van der Waals surface area contributed by atoms with Gasteiger partial charge in [-0.1, -0.05) is 55.5 Å². The second kappa shape index (κ2) is 8.52. The Balaban J connectivity index is 1.35. The molecule has 4 rings (SSSR count). The first-order valence-electron chi connectivity index (χ1n) is 10.4. The Morgan fingerprint density at radius 2 is 1.59 bits per heavy atom. The average molecular weight is 389 g/mol. The number of aromatic nitrogens is 1. The molecule has 2 aromatic carbocycles. The van der Waals surface area contributed by atoms with Gasteiger partial charge in [0.1, 0.15) is 5.69 Å². The maximum atomic E-state index is 12.8. The number of rotatable bonds is 5. The zero-order chi connectivity index (χ0) is 20.2. The lowest BCUT2D eigenvalue weighted by atomic mass is 9.92. The van der Waals surface area contributed by atoms with Gasteiger partial charge in [-0.15, -0.1) is 0 Å². The highest BCUT2D eigenvalue weighted by Crippen LogP contribution is 2.24. The van der Waals surface area contributed by atoms with Crippen molar-refractivity contribution in [1.82, 2.24) is 14.8 Å². The normalized spacial score (nSPS) is 15.5. The van der Waals surface area contributed by atoms with Gasteiger partial charge in [-0.25, -0.2) is 0 Å². The Kier molecular flexibility index (Phi) is 5.65. The van der Waals surface area contributed by atoms with Crippen LogP contribution in [0, 0.1) is 0 Å². The molecule has 0 spiro atoms. The standard InChI is InChI=1S/C24H27N3O2/c1-2-18(19-8-4-3-5-9-19)17-23(28)26-12-14-27(15-13-26)24(29)22-16-20-10-6-7-11-21(20)25-22/h3-11,16,18,25H,2,12-15,17H2,1H3. The topological polar surface area (TPSA) is 56.4 Å². The van der Waals surface area contributed by atoms with E-state index < -0.39 is 0 Å². The van der Waals surface area contributed by atoms with Crippen LogP contribution in [0.2, 0.25) is 0 Å². The third-order valence-electron chi connectivity index (χ3n) is 5.86. The van der Waals surface area contributed by atoms with Gasteiger partial charge in [0.15, 0.2) is 0 Å². The smallest absolute Gasteiger partial charge is 0.270 e. The summed E-state index contributed by atoms with van der Waals surface area (Å²) in [6.45, 7) is 4.46. The number of carbonyl (C=O) groups excluding carboxylic acids is 2. The maximum Gasteiger partial charge on any atom is 0.270 e. The summed E-state index contributed by atoms with van der Waals surface area (Å²) < 4.78 is 0. The summed E-state index contributed by atoms with van der Waals surface area (Å²) in [7, 11) is 0. The van der Waals surface area contributed by atoms with Crippen molar-refractivity contribution in [2.24, 2.45) is 0 Å². The van der Waals surface area contributed by atoms with E-state index in [1.165, 1.54) is 5.56 Å². The summed E-state index contributed by atoms with van der Waals surface area (Å²) in [5.41, 5.74) is 2.80. The minimum atomic E-state index is 0.00372. The molecule has 3 aromatic rings. The molecule has 5 nitrogen and oxygen atoms in total. The molecular formula is C24H27N3O2. The lowest BCUT2D eigenvalue weighted by Gasteiger charge is -2.35. The van der Waals surface area contributed by atoms with Crippen molar-refractivity contribution in [3.05, 3.63) is 71.9 Å². The van der Waals surface area contributed by atoms with Gasteiger partial charge in [0, 0.05) is 43.5 Å². The lowest BCUT2D eigenvalue weighted by Crippen LogP contribution is -2.50. The zero-order valence-electron chi connectivity index (χ0n) is 16.8. The molecule has 1 aromatic heterocycles. The zero-order valence-corrected chi connectivity index (χ0v) is 16.8. The molecule has 2 amide bonds. The average Bonchev–Trinajstić information content (AvgIpc) is 3.22. The fourth-order valence-electron chi connectivity index (χ4n) is 4.08. The number of nitrogens with zero attached hydrogens (tertiary/aromatic N) is 2. The van der Waals surface area contributed by atoms with Crippen molar-refractivity contribution < 1.29 is 9.59 Å². The highest BCUT2D eigenvalue weighted by molar-refractivity contribution is 5.98. The van der Waals surface area contributed by atoms with Crippen molar-refractivity contribution >= 4 is 22.7 Å². The second-order valence-corrected chi connectivity index (χ2v) is 7.66. The minimum Gasteiger partial charge on any atom is -0.351 e. The third-order valence-corrected chi connectivity index (χ3v) is 5.86. The molecule has 1 saturated heterocycles. The number of carbonyl (C=O) groups is 2. The number of H-pyrrole nitrogens is 1. The molecule has 1 N–H and O–H groups in total. The quantitative estimate of drug-likeness (QED) is 0.716. The molecule has 1 fully saturated rings. The highest BCUT2D eigenvalue weighted by atomic mass is 16.2. The van der Waals surface area contributed by atoms with Gasteiger partial charge in [0.25, 0.3) is 5.91 Å². The Morgan fingerprint density at radius 1 is 0.931 bits per heavy atom. The maximum absolute atomic E-state index is 12.8. The summed E-state index contributed by atoms with van der Waals surface area (Å²) >= 11 is 0. The fraction of sp³-hybridized carbons (Fsp3) is 0.333. The molecular weight excluding hydrogens is 362 g/mol. The van der Waals surface area contributed by atoms with Crippen LogP contribution >= 0.6 is 0 Å². The van der Waals surface area contributed by atoms with Gasteiger partial charge in [-0.05, 0) is 30.0 Å². The number of piperazine rings is 1. The van der Waals surface area contributed by atoms with Crippen LogP contribution in [-0.4, -0.2) is 52.8 Å². The van der Waals surface area contributed by atoms with Crippen molar-refractivity contribution in [3.8, 4) is 0 Å². The Hall–Kier alpha value is -3.08. The first-order valence-corrected chi connectivity index (χ1v) is 10.4. The van der Waals surface area contributed by atoms with Gasteiger partial charge >= 0.3 is 0 Å². The largest absolute Gasteiger partial charge is 0.351 e. The van der Waals surface area contributed by atoms with Crippen LogP contribution in [0.1, 0.15) is 41.7 Å². The molecule has 0 radical (unpaired) electrons. The molecule has 1 aliphatic heterocycles. The molecule has 0 aliphatic carbocycles. The van der Waals surface area contributed by atoms with E-state index in [1.54, 1.807) is 0 Å². The molecule has 1 aliphatic rings. The number of amides is 2. The van der Waals surface area contributed by atoms with E-state index in [0.717, 1.165) is 17.3 Å². The van der Waals surface area contributed by atoms with Crippen molar-refractivity contribution in [2.75, 3.05) is 26.2 Å². The predicted molar refractivity (Wildman–Crippen MR) is 115 cm³/mol. The first kappa shape index (κ1) is 19.2. The molecule has 0 saturated carbocycles. The number of hydrogen-bond donors (Lipinski definition) is 1. The molecule has 5 heteroatoms. The fourth-order valence-corrected chi connectivity index (χ4v) is 4.08. The monoisotopic (exact) mass is 389 g/mol. The van der Waals surface area contributed by atoms with Crippen LogP contribution in [-0.2, 0) is 4.79 Å². The molecule has 1 unspecified atom stereocenters. The van der Waals surface area contributed by atoms with Gasteiger partial charge in [-0.2, -0.15) is 0 Å². The minimum absolute atomic E-state index is 0.00372. The van der Waals surface area contributed by atoms with Crippen LogP contribution < -0.4 is 0 Å². The number of hydrogen-bond acceptors (Lipinski definition) is 2. The first-order chi connectivity index (χ1) is 14.2. The van der Waals surface area contributed by atoms with Crippen LogP contribution in [0.15, 0.2) is 60.7 Å². The third kappa shape index (κ3) is 4.19. The van der Waals surface area contributed by atoms with Crippen LogP contribution in [0.4, 0.5) is 0 Å². The Labute approximate surface area is 171 Å². The van der Waals surface area contributed by atoms with E-state index >= 15 is 0 Å². The number of nitrogens with one attached hydrogen (secondary N) is 1. The molecule has 2 heterocycles. The Morgan fingerprint density at radius 3 is 2.28 bits per heavy atom. The van der Waals surface area contributed by atoms with Gasteiger partial charge in [-0.3, -0.25) is 9.59 Å². The van der Waals surface area contributed by atoms with Gasteiger partial charge in [0.05, 0.1) is 0 Å². The predicted octanol–water partition coefficient (Wildman–Crippen LogP) is 4.04. The summed E-state index contributed by atoms with van der Waals surface area (Å²) in [5.74, 6) is 0.428. The summed E-state index contributed by atoms with van der Waals surface area (Å²) in [5, 5.41) is 1.04. The van der Waals surface area contributed by atoms with E-state index in [2.05, 4.69) is 24.0 Å². The number of para-hydroxylation sites is 1. The van der Waals surface area contributed by atoms with E-state index in [0.29, 0.717) is 38.3 Å². The SMILES string of the molecule is CCC(CC(=O)N1CCN(C(=O)c2cc3ccccc3[nH]2)CC1)c1ccccc1. The van der Waals surface area contributed by atoms with E-state index in [-0.39, 0.29) is 17.7 Å². The summed E-state index contributed by atoms with van der Waals surface area (Å²) in [6, 6.07) is 20.0. The highest BCUT2D eigenvalue weighted by Gasteiger charge is 2.27. The molecule has 29 heavy (non-hydrogen) atoms. The van der Waals surface area contributed by atoms with Crippen molar-refractivity contribution in [1.29, 1.82) is 0 Å². The van der Waals surface area contributed by atoms with E-state index in [4.69, 9.17) is 0 Å². The van der Waals surface area contributed by atoms with Crippen LogP contribution in [0.3, 0.4) is 0 Å². The van der Waals surface area contributed by atoms with E-state index in [1.807, 2.05) is 58.3 Å². The lowest BCUT2D eigenvalue weighted by molar-refractivity contribution is -0.133. The van der Waals surface area contributed by atoms with Crippen LogP contribution in [0.25, 0.3) is 10.9 Å². The van der Waals surface area contributed by atoms with Crippen molar-refractivity contribution in [2.45, 2.75) is 25.7 Å². The number of benzene rings is 2. The summed E-state index contributed by atoms with van der Waals surface area (Å²) in [4.78, 5) is 32.6.